The lowest BCUT2D eigenvalue weighted by molar-refractivity contribution is 0.532. The van der Waals surface area contributed by atoms with Crippen molar-refractivity contribution in [2.75, 3.05) is 0 Å². The summed E-state index contributed by atoms with van der Waals surface area (Å²) < 4.78 is 52.0. The van der Waals surface area contributed by atoms with Gasteiger partial charge in [-0.1, -0.05) is 0 Å². The van der Waals surface area contributed by atoms with Gasteiger partial charge in [0.15, 0.2) is 0 Å². The van der Waals surface area contributed by atoms with Crippen LogP contribution in [0.25, 0.3) is 0 Å². The fourth-order valence-electron chi connectivity index (χ4n) is 1.69. The van der Waals surface area contributed by atoms with Gasteiger partial charge >= 0.3 is 0 Å². The molecule has 6 heteroatoms. The summed E-state index contributed by atoms with van der Waals surface area (Å²) in [4.78, 5) is -0.373. The second-order valence-electron chi connectivity index (χ2n) is 4.35. The third-order valence-corrected chi connectivity index (χ3v) is 4.35. The van der Waals surface area contributed by atoms with Crippen LogP contribution in [0.2, 0.25) is 0 Å². The standard InChI is InChI=1S/C11H13F2NO2S/c1-7(8-2-3-8)14-17(15,16)11-5-9(12)4-10(13)6-11/h4-8,14H,2-3H2,1H3. The van der Waals surface area contributed by atoms with Gasteiger partial charge in [0, 0.05) is 12.1 Å². The average Bonchev–Trinajstić information content (AvgIpc) is 2.97. The van der Waals surface area contributed by atoms with Crippen LogP contribution in [0.1, 0.15) is 19.8 Å². The number of hydrogen-bond acceptors (Lipinski definition) is 2. The van der Waals surface area contributed by atoms with Crippen molar-refractivity contribution < 1.29 is 17.2 Å². The molecule has 0 heterocycles. The van der Waals surface area contributed by atoms with E-state index in [9.17, 15) is 17.2 Å². The molecule has 1 aromatic rings. The van der Waals surface area contributed by atoms with Gasteiger partial charge in [-0.05, 0) is 37.8 Å². The van der Waals surface area contributed by atoms with Crippen molar-refractivity contribution in [1.29, 1.82) is 0 Å². The zero-order chi connectivity index (χ0) is 12.6. The molecule has 1 unspecified atom stereocenters. The summed E-state index contributed by atoms with van der Waals surface area (Å²) in [5, 5.41) is 0. The topological polar surface area (TPSA) is 46.2 Å². The first kappa shape index (κ1) is 12.4. The van der Waals surface area contributed by atoms with Gasteiger partial charge in [0.25, 0.3) is 0 Å². The molecule has 1 fully saturated rings. The maximum absolute atomic E-state index is 12.9. The summed E-state index contributed by atoms with van der Waals surface area (Å²) in [7, 11) is -3.84. The largest absolute Gasteiger partial charge is 0.241 e. The van der Waals surface area contributed by atoms with Crippen LogP contribution in [0.5, 0.6) is 0 Å². The molecule has 17 heavy (non-hydrogen) atoms. The second kappa shape index (κ2) is 4.34. The van der Waals surface area contributed by atoms with E-state index in [1.165, 1.54) is 0 Å². The van der Waals surface area contributed by atoms with Gasteiger partial charge in [-0.25, -0.2) is 21.9 Å². The highest BCUT2D eigenvalue weighted by molar-refractivity contribution is 7.89. The molecule has 1 aliphatic carbocycles. The van der Waals surface area contributed by atoms with Crippen molar-refractivity contribution in [3.63, 3.8) is 0 Å². The molecular weight excluding hydrogens is 248 g/mol. The first-order chi connectivity index (χ1) is 7.88. The molecule has 1 aliphatic rings. The smallest absolute Gasteiger partial charge is 0.208 e. The van der Waals surface area contributed by atoms with Crippen LogP contribution in [0.4, 0.5) is 8.78 Å². The van der Waals surface area contributed by atoms with Crippen molar-refractivity contribution in [1.82, 2.24) is 4.72 Å². The lowest BCUT2D eigenvalue weighted by Gasteiger charge is -2.13. The number of halogens is 2. The predicted molar refractivity (Wildman–Crippen MR) is 58.9 cm³/mol. The highest BCUT2D eigenvalue weighted by atomic mass is 32.2. The summed E-state index contributed by atoms with van der Waals surface area (Å²) in [6.07, 6.45) is 1.97. The highest BCUT2D eigenvalue weighted by Gasteiger charge is 2.31. The monoisotopic (exact) mass is 261 g/mol. The van der Waals surface area contributed by atoms with E-state index in [1.54, 1.807) is 6.92 Å². The van der Waals surface area contributed by atoms with E-state index >= 15 is 0 Å². The molecule has 2 rings (SSSR count). The van der Waals surface area contributed by atoms with Gasteiger partial charge in [0.1, 0.15) is 11.6 Å². The summed E-state index contributed by atoms with van der Waals surface area (Å²) in [5.41, 5.74) is 0. The lowest BCUT2D eigenvalue weighted by Crippen LogP contribution is -2.34. The molecule has 94 valence electrons. The van der Waals surface area contributed by atoms with Gasteiger partial charge in [-0.3, -0.25) is 0 Å². The van der Waals surface area contributed by atoms with E-state index in [1.807, 2.05) is 0 Å². The number of nitrogens with one attached hydrogen (secondary N) is 1. The quantitative estimate of drug-likeness (QED) is 0.901. The number of rotatable bonds is 4. The van der Waals surface area contributed by atoms with Crippen molar-refractivity contribution in [3.8, 4) is 0 Å². The van der Waals surface area contributed by atoms with Crippen molar-refractivity contribution in [3.05, 3.63) is 29.8 Å². The molecule has 1 aromatic carbocycles. The Morgan fingerprint density at radius 1 is 1.24 bits per heavy atom. The molecule has 0 bridgehead atoms. The molecule has 0 aliphatic heterocycles. The Balaban J connectivity index is 2.24. The fourth-order valence-corrected chi connectivity index (χ4v) is 3.04. The van der Waals surface area contributed by atoms with Crippen molar-refractivity contribution >= 4 is 10.0 Å². The average molecular weight is 261 g/mol. The molecule has 0 aromatic heterocycles. The molecular formula is C11H13F2NO2S. The zero-order valence-corrected chi connectivity index (χ0v) is 10.1. The van der Waals surface area contributed by atoms with Gasteiger partial charge in [-0.2, -0.15) is 0 Å². The lowest BCUT2D eigenvalue weighted by atomic mass is 10.2. The normalized spacial score (nSPS) is 18.1. The third-order valence-electron chi connectivity index (χ3n) is 2.82. The van der Waals surface area contributed by atoms with E-state index in [0.717, 1.165) is 25.0 Å². The van der Waals surface area contributed by atoms with Crippen LogP contribution in [0, 0.1) is 17.6 Å². The first-order valence-corrected chi connectivity index (χ1v) is 6.85. The van der Waals surface area contributed by atoms with E-state index in [-0.39, 0.29) is 10.9 Å². The minimum Gasteiger partial charge on any atom is -0.208 e. The Bertz CT molecular complexity index is 506. The molecule has 0 amide bonds. The Kier molecular flexibility index (Phi) is 3.18. The Morgan fingerprint density at radius 2 is 1.76 bits per heavy atom. The SMILES string of the molecule is CC(NS(=O)(=O)c1cc(F)cc(F)c1)C1CC1. The Morgan fingerprint density at radius 3 is 2.24 bits per heavy atom. The number of sulfonamides is 1. The molecule has 1 atom stereocenters. The number of benzene rings is 1. The van der Waals surface area contributed by atoms with Crippen LogP contribution >= 0.6 is 0 Å². The van der Waals surface area contributed by atoms with Crippen LogP contribution in [0.3, 0.4) is 0 Å². The molecule has 3 nitrogen and oxygen atoms in total. The van der Waals surface area contributed by atoms with Crippen molar-refractivity contribution in [2.24, 2.45) is 5.92 Å². The minimum absolute atomic E-state index is 0.202. The van der Waals surface area contributed by atoms with E-state index < -0.39 is 21.7 Å². The van der Waals surface area contributed by atoms with Crippen LogP contribution in [0.15, 0.2) is 23.1 Å². The molecule has 1 N–H and O–H groups in total. The minimum atomic E-state index is -3.84. The summed E-state index contributed by atoms with van der Waals surface area (Å²) in [6, 6.07) is 2.06. The maximum Gasteiger partial charge on any atom is 0.241 e. The van der Waals surface area contributed by atoms with Gasteiger partial charge in [-0.15, -0.1) is 0 Å². The van der Waals surface area contributed by atoms with E-state index in [0.29, 0.717) is 12.0 Å². The first-order valence-electron chi connectivity index (χ1n) is 5.37. The zero-order valence-electron chi connectivity index (χ0n) is 9.28. The number of hydrogen-bond donors (Lipinski definition) is 1. The fraction of sp³-hybridized carbons (Fsp3) is 0.455. The van der Waals surface area contributed by atoms with Crippen LogP contribution in [-0.4, -0.2) is 14.5 Å². The van der Waals surface area contributed by atoms with E-state index in [2.05, 4.69) is 4.72 Å². The van der Waals surface area contributed by atoms with Crippen LogP contribution in [-0.2, 0) is 10.0 Å². The predicted octanol–water partition coefficient (Wildman–Crippen LogP) is 2.04. The summed E-state index contributed by atoms with van der Waals surface area (Å²) in [6.45, 7) is 1.75. The second-order valence-corrected chi connectivity index (χ2v) is 6.07. The third kappa shape index (κ3) is 3.01. The van der Waals surface area contributed by atoms with Gasteiger partial charge in [0.05, 0.1) is 4.90 Å². The van der Waals surface area contributed by atoms with Gasteiger partial charge < -0.3 is 0 Å². The Labute approximate surface area is 98.9 Å². The van der Waals surface area contributed by atoms with Crippen LogP contribution < -0.4 is 4.72 Å². The molecule has 1 saturated carbocycles. The van der Waals surface area contributed by atoms with Gasteiger partial charge in [0.2, 0.25) is 10.0 Å². The van der Waals surface area contributed by atoms with E-state index in [4.69, 9.17) is 0 Å². The molecule has 0 saturated heterocycles. The summed E-state index contributed by atoms with van der Waals surface area (Å²) >= 11 is 0. The highest BCUT2D eigenvalue weighted by Crippen LogP contribution is 2.33. The molecule has 0 spiro atoms. The Hall–Kier alpha value is -1.01. The van der Waals surface area contributed by atoms with Crippen molar-refractivity contribution in [2.45, 2.75) is 30.7 Å². The summed E-state index contributed by atoms with van der Waals surface area (Å²) in [5.74, 6) is -1.46. The molecule has 0 radical (unpaired) electrons. The maximum atomic E-state index is 12.9.